The lowest BCUT2D eigenvalue weighted by Gasteiger charge is -2.44. The summed E-state index contributed by atoms with van der Waals surface area (Å²) in [4.78, 5) is 28.9. The maximum Gasteiger partial charge on any atom is 0.255 e. The van der Waals surface area contributed by atoms with Gasteiger partial charge in [-0.2, -0.15) is 0 Å². The molecule has 0 saturated heterocycles. The Labute approximate surface area is 200 Å². The summed E-state index contributed by atoms with van der Waals surface area (Å²) < 4.78 is 10.8. The number of nitrogens with zero attached hydrogens (tertiary/aromatic N) is 1. The number of rotatable bonds is 7. The Morgan fingerprint density at radius 3 is 2.26 bits per heavy atom. The van der Waals surface area contributed by atoms with Crippen molar-refractivity contribution in [1.82, 2.24) is 10.2 Å². The molecule has 0 bridgehead atoms. The topological polar surface area (TPSA) is 67.9 Å². The van der Waals surface area contributed by atoms with Crippen LogP contribution in [0.1, 0.15) is 39.5 Å². The summed E-state index contributed by atoms with van der Waals surface area (Å²) in [5.41, 5.74) is 3.43. The maximum atomic E-state index is 13.6. The number of hydrogen-bond acceptors (Lipinski definition) is 4. The van der Waals surface area contributed by atoms with Gasteiger partial charge in [0.2, 0.25) is 5.91 Å². The van der Waals surface area contributed by atoms with Crippen LogP contribution < -0.4 is 14.8 Å². The van der Waals surface area contributed by atoms with Gasteiger partial charge in [-0.1, -0.05) is 48.0 Å². The van der Waals surface area contributed by atoms with E-state index in [9.17, 15) is 9.59 Å². The molecule has 3 aromatic rings. The number of fused-ring (bicyclic) bond motifs is 1. The highest BCUT2D eigenvalue weighted by Gasteiger charge is 2.46. The van der Waals surface area contributed by atoms with Crippen molar-refractivity contribution in [3.05, 3.63) is 94.5 Å². The molecule has 4 rings (SSSR count). The molecular formula is C28H30N2O4. The summed E-state index contributed by atoms with van der Waals surface area (Å²) >= 11 is 0. The van der Waals surface area contributed by atoms with Gasteiger partial charge in [0.1, 0.15) is 17.0 Å². The number of carbonyl (C=O) groups is 2. The maximum absolute atomic E-state index is 13.6. The van der Waals surface area contributed by atoms with E-state index >= 15 is 0 Å². The predicted octanol–water partition coefficient (Wildman–Crippen LogP) is 4.29. The van der Waals surface area contributed by atoms with E-state index in [0.29, 0.717) is 30.0 Å². The summed E-state index contributed by atoms with van der Waals surface area (Å²) in [7, 11) is 3.17. The molecule has 0 fully saturated rings. The first kappa shape index (κ1) is 23.4. The van der Waals surface area contributed by atoms with Gasteiger partial charge in [0.15, 0.2) is 0 Å². The van der Waals surface area contributed by atoms with Crippen molar-refractivity contribution in [2.45, 2.75) is 38.9 Å². The van der Waals surface area contributed by atoms with Crippen LogP contribution in [-0.4, -0.2) is 36.5 Å². The van der Waals surface area contributed by atoms with Crippen LogP contribution in [0.25, 0.3) is 0 Å². The fourth-order valence-electron chi connectivity index (χ4n) is 4.39. The second kappa shape index (κ2) is 9.59. The minimum Gasteiger partial charge on any atom is -0.497 e. The Kier molecular flexibility index (Phi) is 6.59. The van der Waals surface area contributed by atoms with E-state index < -0.39 is 5.54 Å². The van der Waals surface area contributed by atoms with Crippen molar-refractivity contribution in [2.24, 2.45) is 0 Å². The van der Waals surface area contributed by atoms with E-state index in [0.717, 1.165) is 22.3 Å². The predicted molar refractivity (Wildman–Crippen MR) is 131 cm³/mol. The first-order valence-electron chi connectivity index (χ1n) is 11.3. The molecule has 3 aromatic carbocycles. The van der Waals surface area contributed by atoms with E-state index in [2.05, 4.69) is 5.32 Å². The van der Waals surface area contributed by atoms with Crippen molar-refractivity contribution < 1.29 is 19.1 Å². The number of hydrogen-bond donors (Lipinski definition) is 1. The average Bonchev–Trinajstić information content (AvgIpc) is 2.85. The highest BCUT2D eigenvalue weighted by Crippen LogP contribution is 2.34. The van der Waals surface area contributed by atoms with E-state index in [1.807, 2.05) is 74.5 Å². The normalized spacial score (nSPS) is 17.2. The second-order valence-electron chi connectivity index (χ2n) is 8.89. The van der Waals surface area contributed by atoms with Gasteiger partial charge < -0.3 is 19.7 Å². The largest absolute Gasteiger partial charge is 0.497 e. The number of amides is 2. The molecule has 0 spiro atoms. The third-order valence-corrected chi connectivity index (χ3v) is 6.44. The molecule has 1 heterocycles. The second-order valence-corrected chi connectivity index (χ2v) is 8.89. The number of methoxy groups -OCH3 is 2. The van der Waals surface area contributed by atoms with Crippen LogP contribution in [0.5, 0.6) is 11.5 Å². The van der Waals surface area contributed by atoms with Gasteiger partial charge in [0.25, 0.3) is 5.91 Å². The highest BCUT2D eigenvalue weighted by atomic mass is 16.5. The molecule has 1 N–H and O–H groups in total. The minimum absolute atomic E-state index is 0.170. The SMILES string of the molecule is COc1cc(CN2C(=O)c3ccccc3C[C@@]2(C)C(=O)NCc2ccc(C)cc2)cc(OC)c1. The molecule has 0 aromatic heterocycles. The summed E-state index contributed by atoms with van der Waals surface area (Å²) in [5, 5.41) is 3.06. The number of aryl methyl sites for hydroxylation is 1. The quantitative estimate of drug-likeness (QED) is 0.574. The van der Waals surface area contributed by atoms with Crippen molar-refractivity contribution >= 4 is 11.8 Å². The first-order valence-corrected chi connectivity index (χ1v) is 11.3. The Morgan fingerprint density at radius 1 is 0.971 bits per heavy atom. The monoisotopic (exact) mass is 458 g/mol. The van der Waals surface area contributed by atoms with E-state index in [1.165, 1.54) is 0 Å². The van der Waals surface area contributed by atoms with Crippen LogP contribution in [0.2, 0.25) is 0 Å². The summed E-state index contributed by atoms with van der Waals surface area (Å²) in [6, 6.07) is 21.0. The molecule has 1 aliphatic heterocycles. The van der Waals surface area contributed by atoms with Crippen molar-refractivity contribution in [2.75, 3.05) is 14.2 Å². The number of nitrogens with one attached hydrogen (secondary N) is 1. The average molecular weight is 459 g/mol. The fraction of sp³-hybridized carbons (Fsp3) is 0.286. The van der Waals surface area contributed by atoms with Crippen LogP contribution in [0.3, 0.4) is 0 Å². The molecule has 6 heteroatoms. The Morgan fingerprint density at radius 2 is 1.62 bits per heavy atom. The van der Waals surface area contributed by atoms with Gasteiger partial charge in [0, 0.05) is 31.1 Å². The molecule has 6 nitrogen and oxygen atoms in total. The Bertz CT molecular complexity index is 1180. The summed E-state index contributed by atoms with van der Waals surface area (Å²) in [6.45, 7) is 4.50. The molecule has 0 aliphatic carbocycles. The van der Waals surface area contributed by atoms with Gasteiger partial charge >= 0.3 is 0 Å². The van der Waals surface area contributed by atoms with Gasteiger partial charge in [-0.3, -0.25) is 9.59 Å². The zero-order valence-electron chi connectivity index (χ0n) is 20.1. The van der Waals surface area contributed by atoms with E-state index in [1.54, 1.807) is 25.2 Å². The molecule has 176 valence electrons. The third kappa shape index (κ3) is 4.62. The van der Waals surface area contributed by atoms with E-state index in [4.69, 9.17) is 9.47 Å². The van der Waals surface area contributed by atoms with Crippen molar-refractivity contribution in [3.63, 3.8) is 0 Å². The molecule has 0 unspecified atom stereocenters. The van der Waals surface area contributed by atoms with Crippen LogP contribution >= 0.6 is 0 Å². The van der Waals surface area contributed by atoms with Gasteiger partial charge in [0.05, 0.1) is 14.2 Å². The highest BCUT2D eigenvalue weighted by molar-refractivity contribution is 6.02. The molecule has 34 heavy (non-hydrogen) atoms. The molecular weight excluding hydrogens is 428 g/mol. The molecule has 0 saturated carbocycles. The summed E-state index contributed by atoms with van der Waals surface area (Å²) in [5.74, 6) is 0.900. The molecule has 2 amide bonds. The zero-order valence-corrected chi connectivity index (χ0v) is 20.1. The number of carbonyl (C=O) groups excluding carboxylic acids is 2. The van der Waals surface area contributed by atoms with E-state index in [-0.39, 0.29) is 18.4 Å². The lowest BCUT2D eigenvalue weighted by molar-refractivity contribution is -0.132. The zero-order chi connectivity index (χ0) is 24.3. The minimum atomic E-state index is -1.06. The van der Waals surface area contributed by atoms with Crippen LogP contribution in [0.15, 0.2) is 66.7 Å². The third-order valence-electron chi connectivity index (χ3n) is 6.44. The van der Waals surface area contributed by atoms with Crippen LogP contribution in [0, 0.1) is 6.92 Å². The molecule has 1 atom stereocenters. The number of benzene rings is 3. The van der Waals surface area contributed by atoms with Crippen LogP contribution in [-0.2, 0) is 24.3 Å². The van der Waals surface area contributed by atoms with Gasteiger partial charge in [-0.15, -0.1) is 0 Å². The Hall–Kier alpha value is -3.80. The van der Waals surface area contributed by atoms with Crippen molar-refractivity contribution in [1.29, 1.82) is 0 Å². The lowest BCUT2D eigenvalue weighted by Crippen LogP contribution is -2.62. The molecule has 1 aliphatic rings. The summed E-state index contributed by atoms with van der Waals surface area (Å²) in [6.07, 6.45) is 0.426. The fourth-order valence-corrected chi connectivity index (χ4v) is 4.39. The number of ether oxygens (including phenoxy) is 2. The Balaban J connectivity index is 1.67. The van der Waals surface area contributed by atoms with Crippen molar-refractivity contribution in [3.8, 4) is 11.5 Å². The first-order chi connectivity index (χ1) is 16.3. The van der Waals surface area contributed by atoms with Gasteiger partial charge in [-0.25, -0.2) is 0 Å². The smallest absolute Gasteiger partial charge is 0.255 e. The lowest BCUT2D eigenvalue weighted by atomic mass is 9.82. The molecule has 0 radical (unpaired) electrons. The standard InChI is InChI=1S/C28H30N2O4/c1-19-9-11-20(12-10-19)17-29-27(32)28(2)16-22-7-5-6-8-25(22)26(31)30(28)18-21-13-23(33-3)15-24(14-21)34-4/h5-15H,16-18H2,1-4H3,(H,29,32)/t28-/m0/s1. The van der Waals surface area contributed by atoms with Crippen LogP contribution in [0.4, 0.5) is 0 Å². The van der Waals surface area contributed by atoms with Gasteiger partial charge in [-0.05, 0) is 48.7 Å².